The van der Waals surface area contributed by atoms with E-state index in [0.717, 1.165) is 5.69 Å². The predicted octanol–water partition coefficient (Wildman–Crippen LogP) is 2.55. The molecule has 0 fully saturated rings. The highest BCUT2D eigenvalue weighted by atomic mass is 32.1. The summed E-state index contributed by atoms with van der Waals surface area (Å²) >= 11 is 1.49. The van der Waals surface area contributed by atoms with Crippen molar-refractivity contribution < 1.29 is 9.18 Å². The van der Waals surface area contributed by atoms with Crippen molar-refractivity contribution in [3.05, 3.63) is 52.2 Å². The van der Waals surface area contributed by atoms with Gasteiger partial charge in [0.05, 0.1) is 17.7 Å². The number of thiazole rings is 1. The van der Waals surface area contributed by atoms with E-state index in [1.54, 1.807) is 17.5 Å². The summed E-state index contributed by atoms with van der Waals surface area (Å²) in [7, 11) is 1.70. The standard InChI is InChI=1S/C12H11FN2OS/c1-15(6-11-7-17-8-14-11)12(16)9-2-4-10(13)5-3-9/h2-5,7-8H,6H2,1H3. The molecule has 0 atom stereocenters. The number of nitrogens with zero attached hydrogens (tertiary/aromatic N) is 2. The van der Waals surface area contributed by atoms with Gasteiger partial charge >= 0.3 is 0 Å². The molecule has 1 heterocycles. The first-order valence-electron chi connectivity index (χ1n) is 5.05. The Hall–Kier alpha value is -1.75. The second-order valence-electron chi connectivity index (χ2n) is 3.65. The lowest BCUT2D eigenvalue weighted by molar-refractivity contribution is 0.0783. The first-order valence-corrected chi connectivity index (χ1v) is 5.99. The van der Waals surface area contributed by atoms with Gasteiger partial charge in [-0.3, -0.25) is 4.79 Å². The number of carbonyl (C=O) groups excluding carboxylic acids is 1. The number of benzene rings is 1. The van der Waals surface area contributed by atoms with Crippen LogP contribution in [0.5, 0.6) is 0 Å². The van der Waals surface area contributed by atoms with E-state index in [1.165, 1.54) is 35.6 Å². The predicted molar refractivity (Wildman–Crippen MR) is 64.3 cm³/mol. The zero-order valence-electron chi connectivity index (χ0n) is 9.26. The highest BCUT2D eigenvalue weighted by Gasteiger charge is 2.12. The smallest absolute Gasteiger partial charge is 0.253 e. The molecule has 0 spiro atoms. The Bertz CT molecular complexity index is 496. The molecule has 0 unspecified atom stereocenters. The zero-order chi connectivity index (χ0) is 12.3. The molecule has 1 amide bonds. The Morgan fingerprint density at radius 3 is 2.71 bits per heavy atom. The van der Waals surface area contributed by atoms with Crippen LogP contribution in [0, 0.1) is 5.82 Å². The Labute approximate surface area is 103 Å². The van der Waals surface area contributed by atoms with Crippen molar-refractivity contribution in [2.24, 2.45) is 0 Å². The largest absolute Gasteiger partial charge is 0.336 e. The van der Waals surface area contributed by atoms with Crippen LogP contribution in [-0.4, -0.2) is 22.8 Å². The van der Waals surface area contributed by atoms with E-state index in [2.05, 4.69) is 4.98 Å². The summed E-state index contributed by atoms with van der Waals surface area (Å²) in [6.45, 7) is 0.458. The monoisotopic (exact) mass is 250 g/mol. The molecular formula is C12H11FN2OS. The summed E-state index contributed by atoms with van der Waals surface area (Å²) < 4.78 is 12.7. The Morgan fingerprint density at radius 2 is 2.12 bits per heavy atom. The highest BCUT2D eigenvalue weighted by molar-refractivity contribution is 7.07. The van der Waals surface area contributed by atoms with E-state index in [1.807, 2.05) is 5.38 Å². The molecule has 0 aliphatic carbocycles. The third-order valence-electron chi connectivity index (χ3n) is 2.32. The second kappa shape index (κ2) is 5.05. The lowest BCUT2D eigenvalue weighted by Crippen LogP contribution is -2.26. The number of hydrogen-bond donors (Lipinski definition) is 0. The van der Waals surface area contributed by atoms with Gasteiger partial charge in [0.2, 0.25) is 0 Å². The molecule has 0 aliphatic heterocycles. The second-order valence-corrected chi connectivity index (χ2v) is 4.37. The first kappa shape index (κ1) is 11.7. The lowest BCUT2D eigenvalue weighted by atomic mass is 10.2. The molecule has 0 N–H and O–H groups in total. The van der Waals surface area contributed by atoms with Crippen LogP contribution in [0.2, 0.25) is 0 Å². The van der Waals surface area contributed by atoms with Crippen LogP contribution in [0.1, 0.15) is 16.1 Å². The van der Waals surface area contributed by atoms with Gasteiger partial charge in [0.1, 0.15) is 5.82 Å². The van der Waals surface area contributed by atoms with Crippen LogP contribution in [0.4, 0.5) is 4.39 Å². The molecule has 2 aromatic rings. The fourth-order valence-electron chi connectivity index (χ4n) is 1.44. The van der Waals surface area contributed by atoms with E-state index in [-0.39, 0.29) is 11.7 Å². The van der Waals surface area contributed by atoms with E-state index in [4.69, 9.17) is 0 Å². The maximum atomic E-state index is 12.7. The molecule has 5 heteroatoms. The average Bonchev–Trinajstić information content (AvgIpc) is 2.82. The van der Waals surface area contributed by atoms with E-state index in [9.17, 15) is 9.18 Å². The van der Waals surface area contributed by atoms with Gasteiger partial charge in [-0.25, -0.2) is 9.37 Å². The van der Waals surface area contributed by atoms with Crippen LogP contribution in [0.3, 0.4) is 0 Å². The quantitative estimate of drug-likeness (QED) is 0.838. The van der Waals surface area contributed by atoms with Crippen molar-refractivity contribution >= 4 is 17.2 Å². The van der Waals surface area contributed by atoms with Gasteiger partial charge in [-0.15, -0.1) is 11.3 Å². The van der Waals surface area contributed by atoms with Gasteiger partial charge in [-0.05, 0) is 24.3 Å². The summed E-state index contributed by atoms with van der Waals surface area (Å²) in [5.74, 6) is -0.485. The third kappa shape index (κ3) is 2.88. The first-order chi connectivity index (χ1) is 8.16. The molecule has 3 nitrogen and oxygen atoms in total. The van der Waals surface area contributed by atoms with Crippen LogP contribution in [0.25, 0.3) is 0 Å². The van der Waals surface area contributed by atoms with Gasteiger partial charge in [0.25, 0.3) is 5.91 Å². The minimum atomic E-state index is -0.344. The summed E-state index contributed by atoms with van der Waals surface area (Å²) in [5.41, 5.74) is 3.06. The number of halogens is 1. The van der Waals surface area contributed by atoms with E-state index >= 15 is 0 Å². The maximum absolute atomic E-state index is 12.7. The van der Waals surface area contributed by atoms with Gasteiger partial charge in [-0.2, -0.15) is 0 Å². The number of amides is 1. The molecule has 1 aromatic heterocycles. The van der Waals surface area contributed by atoms with Crippen molar-refractivity contribution in [3.63, 3.8) is 0 Å². The normalized spacial score (nSPS) is 10.2. The third-order valence-corrected chi connectivity index (χ3v) is 2.96. The SMILES string of the molecule is CN(Cc1cscn1)C(=O)c1ccc(F)cc1. The van der Waals surface area contributed by atoms with Crippen LogP contribution >= 0.6 is 11.3 Å². The number of carbonyl (C=O) groups is 1. The fourth-order valence-corrected chi connectivity index (χ4v) is 1.99. The minimum absolute atomic E-state index is 0.141. The molecule has 1 aromatic carbocycles. The maximum Gasteiger partial charge on any atom is 0.253 e. The molecule has 0 radical (unpaired) electrons. The molecule has 0 saturated carbocycles. The summed E-state index contributed by atoms with van der Waals surface area (Å²) in [6.07, 6.45) is 0. The van der Waals surface area contributed by atoms with Gasteiger partial charge in [0.15, 0.2) is 0 Å². The molecule has 0 aliphatic rings. The minimum Gasteiger partial charge on any atom is -0.336 e. The lowest BCUT2D eigenvalue weighted by Gasteiger charge is -2.15. The summed E-state index contributed by atoms with van der Waals surface area (Å²) in [6, 6.07) is 5.53. The van der Waals surface area contributed by atoms with Crippen molar-refractivity contribution in [1.29, 1.82) is 0 Å². The topological polar surface area (TPSA) is 33.2 Å². The Morgan fingerprint density at radius 1 is 1.41 bits per heavy atom. The molecular weight excluding hydrogens is 239 g/mol. The number of rotatable bonds is 3. The van der Waals surface area contributed by atoms with Crippen molar-refractivity contribution in [1.82, 2.24) is 9.88 Å². The molecule has 17 heavy (non-hydrogen) atoms. The van der Waals surface area contributed by atoms with Crippen LogP contribution in [-0.2, 0) is 6.54 Å². The van der Waals surface area contributed by atoms with Crippen LogP contribution < -0.4 is 0 Å². The number of hydrogen-bond acceptors (Lipinski definition) is 3. The Kier molecular flexibility index (Phi) is 3.49. The molecule has 2 rings (SSSR count). The average molecular weight is 250 g/mol. The summed E-state index contributed by atoms with van der Waals surface area (Å²) in [4.78, 5) is 17.6. The fraction of sp³-hybridized carbons (Fsp3) is 0.167. The van der Waals surface area contributed by atoms with Crippen molar-refractivity contribution in [3.8, 4) is 0 Å². The van der Waals surface area contributed by atoms with E-state index in [0.29, 0.717) is 12.1 Å². The van der Waals surface area contributed by atoms with Gasteiger partial charge in [0, 0.05) is 18.0 Å². The van der Waals surface area contributed by atoms with Crippen LogP contribution in [0.15, 0.2) is 35.2 Å². The van der Waals surface area contributed by atoms with Crippen molar-refractivity contribution in [2.45, 2.75) is 6.54 Å². The molecule has 88 valence electrons. The van der Waals surface area contributed by atoms with E-state index < -0.39 is 0 Å². The summed E-state index contributed by atoms with van der Waals surface area (Å²) in [5, 5.41) is 1.90. The molecule has 0 bridgehead atoms. The van der Waals surface area contributed by atoms with Crippen molar-refractivity contribution in [2.75, 3.05) is 7.05 Å². The van der Waals surface area contributed by atoms with Gasteiger partial charge < -0.3 is 4.90 Å². The number of aromatic nitrogens is 1. The Balaban J connectivity index is 2.07. The zero-order valence-corrected chi connectivity index (χ0v) is 10.1. The van der Waals surface area contributed by atoms with Gasteiger partial charge in [-0.1, -0.05) is 0 Å². The molecule has 0 saturated heterocycles. The highest BCUT2D eigenvalue weighted by Crippen LogP contribution is 2.09.